The van der Waals surface area contributed by atoms with Gasteiger partial charge in [-0.05, 0) is 29.7 Å². The molecular formula is C22H23N2OP. The van der Waals surface area contributed by atoms with E-state index in [9.17, 15) is 4.89 Å². The largest absolute Gasteiger partial charge is 0.343 e. The first kappa shape index (κ1) is 17.2. The van der Waals surface area contributed by atoms with Crippen molar-refractivity contribution in [2.24, 2.45) is 0 Å². The average Bonchev–Trinajstić information content (AvgIpc) is 3.00. The molecule has 1 N–H and O–H groups in total. The zero-order valence-corrected chi connectivity index (χ0v) is 15.5. The topological polar surface area (TPSA) is 26.7 Å². The van der Waals surface area contributed by atoms with Crippen LogP contribution in [0, 0.1) is 0 Å². The van der Waals surface area contributed by atoms with Crippen molar-refractivity contribution in [3.8, 4) is 0 Å². The lowest BCUT2D eigenvalue weighted by molar-refractivity contribution is 0.342. The van der Waals surface area contributed by atoms with E-state index in [4.69, 9.17) is 0 Å². The summed E-state index contributed by atoms with van der Waals surface area (Å²) in [7, 11) is -1.36. The summed E-state index contributed by atoms with van der Waals surface area (Å²) < 4.78 is 4.43. The van der Waals surface area contributed by atoms with Crippen LogP contribution in [0.3, 0.4) is 0 Å². The Hall–Kier alpha value is -2.19. The molecule has 26 heavy (non-hydrogen) atoms. The van der Waals surface area contributed by atoms with Gasteiger partial charge >= 0.3 is 0 Å². The van der Waals surface area contributed by atoms with Gasteiger partial charge in [-0.15, -0.1) is 0 Å². The molecule has 0 radical (unpaired) electrons. The molecule has 3 aromatic rings. The fourth-order valence-corrected chi connectivity index (χ4v) is 5.17. The molecule has 0 aromatic heterocycles. The second kappa shape index (κ2) is 8.01. The van der Waals surface area contributed by atoms with Gasteiger partial charge in [0.15, 0.2) is 0 Å². The van der Waals surface area contributed by atoms with Gasteiger partial charge in [-0.25, -0.2) is 4.67 Å². The minimum Gasteiger partial charge on any atom is -0.343 e. The Morgan fingerprint density at radius 1 is 0.769 bits per heavy atom. The van der Waals surface area contributed by atoms with Crippen LogP contribution in [0.5, 0.6) is 0 Å². The van der Waals surface area contributed by atoms with Crippen LogP contribution in [-0.2, 0) is 13.0 Å². The number of para-hydroxylation sites is 1. The van der Waals surface area contributed by atoms with Crippen molar-refractivity contribution in [2.45, 2.75) is 19.0 Å². The zero-order chi connectivity index (χ0) is 17.8. The second-order valence-corrected chi connectivity index (χ2v) is 8.15. The zero-order valence-electron chi connectivity index (χ0n) is 14.6. The van der Waals surface area contributed by atoms with E-state index in [1.807, 2.05) is 24.3 Å². The SMILES string of the molecule is O[P@@]1N(c2ccccc2)C[C@H](Cc2ccccc2)N1Cc1ccccc1. The first-order chi connectivity index (χ1) is 12.8. The number of nitrogens with zero attached hydrogens (tertiary/aromatic N) is 2. The van der Waals surface area contributed by atoms with Crippen molar-refractivity contribution < 1.29 is 4.89 Å². The molecule has 0 bridgehead atoms. The molecule has 0 saturated carbocycles. The van der Waals surface area contributed by atoms with Crippen LogP contribution in [0.25, 0.3) is 0 Å². The highest BCUT2D eigenvalue weighted by molar-refractivity contribution is 7.51. The smallest absolute Gasteiger partial charge is 0.216 e. The van der Waals surface area contributed by atoms with Crippen molar-refractivity contribution in [3.63, 3.8) is 0 Å². The van der Waals surface area contributed by atoms with Gasteiger partial charge in [-0.2, -0.15) is 0 Å². The van der Waals surface area contributed by atoms with Crippen molar-refractivity contribution in [1.82, 2.24) is 4.67 Å². The molecule has 4 rings (SSSR count). The highest BCUT2D eigenvalue weighted by atomic mass is 31.2. The lowest BCUT2D eigenvalue weighted by Gasteiger charge is -2.27. The van der Waals surface area contributed by atoms with Gasteiger partial charge in [0.05, 0.1) is 0 Å². The molecule has 1 heterocycles. The third-order valence-electron chi connectivity index (χ3n) is 4.81. The summed E-state index contributed by atoms with van der Waals surface area (Å²) in [6.07, 6.45) is 0.941. The lowest BCUT2D eigenvalue weighted by atomic mass is 10.1. The molecule has 3 nitrogen and oxygen atoms in total. The van der Waals surface area contributed by atoms with Crippen molar-refractivity contribution in [3.05, 3.63) is 102 Å². The number of hydrogen-bond donors (Lipinski definition) is 1. The van der Waals surface area contributed by atoms with Crippen LogP contribution >= 0.6 is 8.45 Å². The first-order valence-corrected chi connectivity index (χ1v) is 10.2. The monoisotopic (exact) mass is 362 g/mol. The highest BCUT2D eigenvalue weighted by Gasteiger charge is 2.39. The number of hydrogen-bond acceptors (Lipinski definition) is 3. The van der Waals surface area contributed by atoms with Crippen molar-refractivity contribution >= 4 is 14.1 Å². The standard InChI is InChI=1S/C22H23N2OP/c25-26-23(17-20-12-6-2-7-13-20)22(16-19-10-4-1-5-11-19)18-24(26)21-14-8-3-9-15-21/h1-15,22,25H,16-18H2/t22-,26+/m0/s1. The molecule has 3 aromatic carbocycles. The molecule has 4 heteroatoms. The minimum absolute atomic E-state index is 0.286. The first-order valence-electron chi connectivity index (χ1n) is 8.97. The Kier molecular flexibility index (Phi) is 5.31. The van der Waals surface area contributed by atoms with Gasteiger partial charge in [0.1, 0.15) is 0 Å². The van der Waals surface area contributed by atoms with E-state index in [1.54, 1.807) is 0 Å². The third kappa shape index (κ3) is 3.81. The van der Waals surface area contributed by atoms with E-state index in [-0.39, 0.29) is 6.04 Å². The van der Waals surface area contributed by atoms with Gasteiger partial charge < -0.3 is 9.56 Å². The van der Waals surface area contributed by atoms with E-state index >= 15 is 0 Å². The van der Waals surface area contributed by atoms with Crippen LogP contribution in [0.4, 0.5) is 5.69 Å². The molecule has 132 valence electrons. The molecular weight excluding hydrogens is 339 g/mol. The van der Waals surface area contributed by atoms with Gasteiger partial charge in [-0.1, -0.05) is 78.9 Å². The Bertz CT molecular complexity index is 813. The maximum Gasteiger partial charge on any atom is 0.216 e. The fraction of sp³-hybridized carbons (Fsp3) is 0.182. The highest BCUT2D eigenvalue weighted by Crippen LogP contribution is 2.51. The summed E-state index contributed by atoms with van der Waals surface area (Å²) in [5, 5.41) is 0. The van der Waals surface area contributed by atoms with Crippen LogP contribution in [0.15, 0.2) is 91.0 Å². The van der Waals surface area contributed by atoms with Gasteiger partial charge in [0.2, 0.25) is 8.45 Å². The summed E-state index contributed by atoms with van der Waals surface area (Å²) in [6, 6.07) is 31.5. The Morgan fingerprint density at radius 3 is 1.92 bits per heavy atom. The van der Waals surface area contributed by atoms with Gasteiger partial charge in [0, 0.05) is 24.8 Å². The normalized spacial score (nSPS) is 20.4. The summed E-state index contributed by atoms with van der Waals surface area (Å²) >= 11 is 0. The molecule has 2 atom stereocenters. The molecule has 1 aliphatic rings. The van der Waals surface area contributed by atoms with Crippen LogP contribution < -0.4 is 4.67 Å². The quantitative estimate of drug-likeness (QED) is 0.658. The Labute approximate surface area is 156 Å². The van der Waals surface area contributed by atoms with Crippen LogP contribution in [0.1, 0.15) is 11.1 Å². The molecule has 0 aliphatic carbocycles. The van der Waals surface area contributed by atoms with E-state index in [2.05, 4.69) is 76.1 Å². The molecule has 0 unspecified atom stereocenters. The molecule has 1 fully saturated rings. The maximum absolute atomic E-state index is 11.1. The van der Waals surface area contributed by atoms with Gasteiger partial charge in [0.25, 0.3) is 0 Å². The number of benzene rings is 3. The number of rotatable bonds is 5. The van der Waals surface area contributed by atoms with E-state index in [0.29, 0.717) is 0 Å². The lowest BCUT2D eigenvalue weighted by Crippen LogP contribution is -2.29. The third-order valence-corrected chi connectivity index (χ3v) is 6.56. The summed E-state index contributed by atoms with van der Waals surface area (Å²) in [6.45, 7) is 1.61. The second-order valence-electron chi connectivity index (χ2n) is 6.61. The van der Waals surface area contributed by atoms with Crippen LogP contribution in [0.2, 0.25) is 0 Å². The minimum atomic E-state index is -1.36. The predicted molar refractivity (Wildman–Crippen MR) is 109 cm³/mol. The Morgan fingerprint density at radius 2 is 1.31 bits per heavy atom. The van der Waals surface area contributed by atoms with Crippen LogP contribution in [-0.4, -0.2) is 22.2 Å². The molecule has 0 amide bonds. The molecule has 1 aliphatic heterocycles. The summed E-state index contributed by atoms with van der Waals surface area (Å²) in [4.78, 5) is 11.1. The van der Waals surface area contributed by atoms with E-state index < -0.39 is 8.45 Å². The van der Waals surface area contributed by atoms with Crippen molar-refractivity contribution in [1.29, 1.82) is 0 Å². The average molecular weight is 362 g/mol. The van der Waals surface area contributed by atoms with Gasteiger partial charge in [-0.3, -0.25) is 0 Å². The Balaban J connectivity index is 1.60. The van der Waals surface area contributed by atoms with E-state index in [1.165, 1.54) is 11.1 Å². The maximum atomic E-state index is 11.1. The molecule has 1 saturated heterocycles. The fourth-order valence-electron chi connectivity index (χ4n) is 3.48. The molecule has 0 spiro atoms. The summed E-state index contributed by atoms with van der Waals surface area (Å²) in [5.41, 5.74) is 3.64. The predicted octanol–water partition coefficient (Wildman–Crippen LogP) is 4.84. The number of anilines is 1. The van der Waals surface area contributed by atoms with E-state index in [0.717, 1.165) is 25.2 Å². The van der Waals surface area contributed by atoms with Crippen molar-refractivity contribution in [2.75, 3.05) is 11.2 Å². The summed E-state index contributed by atoms with van der Waals surface area (Å²) in [5.74, 6) is 0.